The van der Waals surface area contributed by atoms with Gasteiger partial charge in [0.25, 0.3) is 0 Å². The summed E-state index contributed by atoms with van der Waals surface area (Å²) in [4.78, 5) is 0. The van der Waals surface area contributed by atoms with Crippen LogP contribution in [0.15, 0.2) is 47.1 Å². The van der Waals surface area contributed by atoms with E-state index in [1.165, 1.54) is 11.1 Å². The van der Waals surface area contributed by atoms with Gasteiger partial charge in [-0.05, 0) is 31.0 Å². The topological polar surface area (TPSA) is 34.4 Å². The van der Waals surface area contributed by atoms with E-state index in [9.17, 15) is 0 Å². The van der Waals surface area contributed by atoms with Crippen LogP contribution in [0.1, 0.15) is 43.8 Å². The molecule has 0 saturated carbocycles. The maximum atomic E-state index is 5.86. The van der Waals surface area contributed by atoms with Crippen molar-refractivity contribution in [2.75, 3.05) is 6.54 Å². The number of hydrogen-bond donors (Lipinski definition) is 1. The molecule has 3 nitrogen and oxygen atoms in total. The van der Waals surface area contributed by atoms with Crippen LogP contribution in [0.25, 0.3) is 0 Å². The molecule has 0 saturated heterocycles. The zero-order valence-corrected chi connectivity index (χ0v) is 13.1. The minimum Gasteiger partial charge on any atom is -0.467 e. The molecule has 2 rings (SSSR count). The molecule has 1 atom stereocenters. The van der Waals surface area contributed by atoms with E-state index < -0.39 is 0 Å². The average molecular weight is 287 g/mol. The molecular formula is C18H25NO2. The van der Waals surface area contributed by atoms with Gasteiger partial charge >= 0.3 is 0 Å². The predicted octanol–water partition coefficient (Wildman–Crippen LogP) is 4.30. The van der Waals surface area contributed by atoms with E-state index in [1.54, 1.807) is 6.26 Å². The summed E-state index contributed by atoms with van der Waals surface area (Å²) in [6.45, 7) is 8.82. The lowest BCUT2D eigenvalue weighted by atomic mass is 10.1. The molecule has 1 unspecified atom stereocenters. The molecular weight excluding hydrogens is 262 g/mol. The van der Waals surface area contributed by atoms with E-state index in [2.05, 4.69) is 44.3 Å². The Morgan fingerprint density at radius 2 is 1.90 bits per heavy atom. The Morgan fingerprint density at radius 1 is 1.14 bits per heavy atom. The molecule has 1 aromatic carbocycles. The van der Waals surface area contributed by atoms with Crippen molar-refractivity contribution >= 4 is 0 Å². The first-order chi connectivity index (χ1) is 10.1. The van der Waals surface area contributed by atoms with E-state index in [-0.39, 0.29) is 6.10 Å². The van der Waals surface area contributed by atoms with Gasteiger partial charge in [0.1, 0.15) is 12.4 Å². The number of nitrogens with one attached hydrogen (secondary N) is 1. The van der Waals surface area contributed by atoms with Crippen LogP contribution in [0.2, 0.25) is 0 Å². The lowest BCUT2D eigenvalue weighted by Gasteiger charge is -2.12. The largest absolute Gasteiger partial charge is 0.467 e. The van der Waals surface area contributed by atoms with E-state index >= 15 is 0 Å². The van der Waals surface area contributed by atoms with Crippen LogP contribution in [-0.2, 0) is 17.9 Å². The Kier molecular flexibility index (Phi) is 6.03. The average Bonchev–Trinajstić information content (AvgIpc) is 2.93. The third-order valence-corrected chi connectivity index (χ3v) is 3.33. The molecule has 21 heavy (non-hydrogen) atoms. The second-order valence-corrected chi connectivity index (χ2v) is 5.81. The van der Waals surface area contributed by atoms with Crippen LogP contribution in [0.3, 0.4) is 0 Å². The lowest BCUT2D eigenvalue weighted by molar-refractivity contribution is 0.0420. The van der Waals surface area contributed by atoms with Gasteiger partial charge < -0.3 is 14.5 Å². The summed E-state index contributed by atoms with van der Waals surface area (Å²) < 4.78 is 11.4. The molecule has 0 fully saturated rings. The molecule has 0 aliphatic heterocycles. The Bertz CT molecular complexity index is 519. The van der Waals surface area contributed by atoms with Gasteiger partial charge in [-0.1, -0.05) is 44.2 Å². The summed E-state index contributed by atoms with van der Waals surface area (Å²) in [6, 6.07) is 12.3. The van der Waals surface area contributed by atoms with Gasteiger partial charge in [0.15, 0.2) is 0 Å². The highest BCUT2D eigenvalue weighted by Gasteiger charge is 2.08. The van der Waals surface area contributed by atoms with Crippen molar-refractivity contribution in [3.05, 3.63) is 59.5 Å². The number of benzene rings is 1. The van der Waals surface area contributed by atoms with Crippen molar-refractivity contribution in [3.63, 3.8) is 0 Å². The Morgan fingerprint density at radius 3 is 2.62 bits per heavy atom. The van der Waals surface area contributed by atoms with Crippen LogP contribution in [0.5, 0.6) is 0 Å². The molecule has 0 radical (unpaired) electrons. The second kappa shape index (κ2) is 8.01. The molecule has 1 N–H and O–H groups in total. The van der Waals surface area contributed by atoms with Crippen molar-refractivity contribution in [2.24, 2.45) is 5.92 Å². The minimum absolute atomic E-state index is 0.0683. The van der Waals surface area contributed by atoms with E-state index in [4.69, 9.17) is 9.15 Å². The quantitative estimate of drug-likeness (QED) is 0.786. The number of ether oxygens (including phenoxy) is 1. The Labute approximate surface area is 127 Å². The van der Waals surface area contributed by atoms with Crippen LogP contribution in [-0.4, -0.2) is 6.54 Å². The molecule has 2 aromatic rings. The van der Waals surface area contributed by atoms with Crippen molar-refractivity contribution in [2.45, 2.75) is 40.0 Å². The fourth-order valence-corrected chi connectivity index (χ4v) is 2.13. The van der Waals surface area contributed by atoms with Gasteiger partial charge in [-0.3, -0.25) is 0 Å². The number of furan rings is 1. The molecule has 0 bridgehead atoms. The van der Waals surface area contributed by atoms with Crippen LogP contribution in [0, 0.1) is 5.92 Å². The first kappa shape index (κ1) is 15.8. The highest BCUT2D eigenvalue weighted by Crippen LogP contribution is 2.19. The van der Waals surface area contributed by atoms with Crippen LogP contribution in [0.4, 0.5) is 0 Å². The smallest absolute Gasteiger partial charge is 0.129 e. The Balaban J connectivity index is 1.77. The van der Waals surface area contributed by atoms with Crippen molar-refractivity contribution in [1.29, 1.82) is 0 Å². The highest BCUT2D eigenvalue weighted by molar-refractivity contribution is 5.17. The summed E-state index contributed by atoms with van der Waals surface area (Å²) in [5, 5.41) is 3.40. The van der Waals surface area contributed by atoms with Crippen molar-refractivity contribution in [1.82, 2.24) is 5.32 Å². The minimum atomic E-state index is 0.0683. The van der Waals surface area contributed by atoms with Gasteiger partial charge in [-0.15, -0.1) is 0 Å². The standard InChI is InChI=1S/C18H25NO2/c1-14(2)10-19-11-16-9-18(21-12-16)13-20-15(3)17-7-5-4-6-8-17/h4-9,12,14-15,19H,10-11,13H2,1-3H3. The van der Waals surface area contributed by atoms with Gasteiger partial charge in [0.05, 0.1) is 12.4 Å². The zero-order valence-electron chi connectivity index (χ0n) is 13.1. The SMILES string of the molecule is CC(C)CNCc1coc(COC(C)c2ccccc2)c1. The second-order valence-electron chi connectivity index (χ2n) is 5.81. The van der Waals surface area contributed by atoms with Crippen molar-refractivity contribution < 1.29 is 9.15 Å². The zero-order chi connectivity index (χ0) is 15.1. The number of rotatable bonds is 8. The third kappa shape index (κ3) is 5.37. The van der Waals surface area contributed by atoms with Crippen LogP contribution < -0.4 is 5.32 Å². The fraction of sp³-hybridized carbons (Fsp3) is 0.444. The van der Waals surface area contributed by atoms with Gasteiger partial charge in [-0.2, -0.15) is 0 Å². The first-order valence-corrected chi connectivity index (χ1v) is 7.58. The molecule has 0 aliphatic rings. The maximum Gasteiger partial charge on any atom is 0.129 e. The Hall–Kier alpha value is -1.58. The summed E-state index contributed by atoms with van der Waals surface area (Å²) in [5.74, 6) is 1.53. The molecule has 114 valence electrons. The van der Waals surface area contributed by atoms with E-state index in [0.29, 0.717) is 12.5 Å². The molecule has 1 aromatic heterocycles. The first-order valence-electron chi connectivity index (χ1n) is 7.58. The van der Waals surface area contributed by atoms with E-state index in [1.807, 2.05) is 18.2 Å². The monoisotopic (exact) mass is 287 g/mol. The maximum absolute atomic E-state index is 5.86. The van der Waals surface area contributed by atoms with Crippen molar-refractivity contribution in [3.8, 4) is 0 Å². The fourth-order valence-electron chi connectivity index (χ4n) is 2.13. The molecule has 0 spiro atoms. The molecule has 0 aliphatic carbocycles. The molecule has 3 heteroatoms. The molecule has 1 heterocycles. The van der Waals surface area contributed by atoms with E-state index in [0.717, 1.165) is 18.8 Å². The van der Waals surface area contributed by atoms with Gasteiger partial charge in [0.2, 0.25) is 0 Å². The number of hydrogen-bond acceptors (Lipinski definition) is 3. The molecule has 0 amide bonds. The summed E-state index contributed by atoms with van der Waals surface area (Å²) >= 11 is 0. The predicted molar refractivity (Wildman–Crippen MR) is 84.9 cm³/mol. The van der Waals surface area contributed by atoms with Crippen LogP contribution >= 0.6 is 0 Å². The summed E-state index contributed by atoms with van der Waals surface area (Å²) in [5.41, 5.74) is 2.35. The summed E-state index contributed by atoms with van der Waals surface area (Å²) in [7, 11) is 0. The third-order valence-electron chi connectivity index (χ3n) is 3.33. The van der Waals surface area contributed by atoms with Gasteiger partial charge in [0, 0.05) is 12.1 Å². The lowest BCUT2D eigenvalue weighted by Crippen LogP contribution is -2.18. The normalized spacial score (nSPS) is 12.8. The highest BCUT2D eigenvalue weighted by atomic mass is 16.5. The summed E-state index contributed by atoms with van der Waals surface area (Å²) in [6.07, 6.45) is 1.87. The van der Waals surface area contributed by atoms with Gasteiger partial charge in [-0.25, -0.2) is 0 Å².